The second-order valence-corrected chi connectivity index (χ2v) is 6.17. The predicted molar refractivity (Wildman–Crippen MR) is 80.4 cm³/mol. The standard InChI is InChI=1S/C17H25NO2/c1-19-14-7-6-13(12-15(14)20-2)16-17(10-11-18-16)8-4-3-5-9-17/h6-7,12,16,18H,3-5,8-11H2,1-2H3. The van der Waals surface area contributed by atoms with E-state index in [4.69, 9.17) is 9.47 Å². The number of hydrogen-bond donors (Lipinski definition) is 1. The lowest BCUT2D eigenvalue weighted by molar-refractivity contribution is 0.164. The molecule has 1 N–H and O–H groups in total. The summed E-state index contributed by atoms with van der Waals surface area (Å²) in [5.41, 5.74) is 1.82. The Morgan fingerprint density at radius 1 is 1.00 bits per heavy atom. The Balaban J connectivity index is 1.91. The molecule has 1 spiro atoms. The van der Waals surface area contributed by atoms with E-state index in [0.29, 0.717) is 11.5 Å². The molecule has 2 aliphatic rings. The average Bonchev–Trinajstić information content (AvgIpc) is 2.90. The minimum absolute atomic E-state index is 0.470. The van der Waals surface area contributed by atoms with Crippen LogP contribution in [0.1, 0.15) is 50.1 Å². The van der Waals surface area contributed by atoms with Crippen molar-refractivity contribution in [2.45, 2.75) is 44.6 Å². The van der Waals surface area contributed by atoms with E-state index in [1.54, 1.807) is 14.2 Å². The van der Waals surface area contributed by atoms with Crippen molar-refractivity contribution in [1.82, 2.24) is 5.32 Å². The molecule has 0 aromatic heterocycles. The van der Waals surface area contributed by atoms with E-state index in [0.717, 1.165) is 18.0 Å². The molecule has 3 rings (SSSR count). The minimum atomic E-state index is 0.470. The molecule has 0 amide bonds. The van der Waals surface area contributed by atoms with Gasteiger partial charge < -0.3 is 14.8 Å². The van der Waals surface area contributed by atoms with Crippen molar-refractivity contribution >= 4 is 0 Å². The Bertz CT molecular complexity index is 466. The van der Waals surface area contributed by atoms with E-state index >= 15 is 0 Å². The third-order valence-corrected chi connectivity index (χ3v) is 5.17. The summed E-state index contributed by atoms with van der Waals surface area (Å²) in [6.45, 7) is 1.14. The second-order valence-electron chi connectivity index (χ2n) is 6.17. The third kappa shape index (κ3) is 2.28. The first kappa shape index (κ1) is 13.7. The fraction of sp³-hybridized carbons (Fsp3) is 0.647. The van der Waals surface area contributed by atoms with Gasteiger partial charge in [0.15, 0.2) is 11.5 Å². The highest BCUT2D eigenvalue weighted by Crippen LogP contribution is 2.52. The van der Waals surface area contributed by atoms with Crippen molar-refractivity contribution in [2.75, 3.05) is 20.8 Å². The van der Waals surface area contributed by atoms with Crippen LogP contribution in [0.25, 0.3) is 0 Å². The summed E-state index contributed by atoms with van der Waals surface area (Å²) in [5, 5.41) is 3.73. The van der Waals surface area contributed by atoms with Gasteiger partial charge in [0.2, 0.25) is 0 Å². The normalized spacial score (nSPS) is 24.8. The SMILES string of the molecule is COc1ccc(C2NCCC23CCCCC3)cc1OC. The largest absolute Gasteiger partial charge is 0.493 e. The number of hydrogen-bond acceptors (Lipinski definition) is 3. The first-order chi connectivity index (χ1) is 9.79. The summed E-state index contributed by atoms with van der Waals surface area (Å²) >= 11 is 0. The lowest BCUT2D eigenvalue weighted by atomic mass is 9.67. The van der Waals surface area contributed by atoms with Crippen molar-refractivity contribution in [3.63, 3.8) is 0 Å². The molecule has 3 heteroatoms. The smallest absolute Gasteiger partial charge is 0.161 e. The first-order valence-electron chi connectivity index (χ1n) is 7.74. The third-order valence-electron chi connectivity index (χ3n) is 5.17. The highest BCUT2D eigenvalue weighted by molar-refractivity contribution is 5.44. The van der Waals surface area contributed by atoms with Crippen molar-refractivity contribution in [2.24, 2.45) is 5.41 Å². The molecule has 3 nitrogen and oxygen atoms in total. The summed E-state index contributed by atoms with van der Waals surface area (Å²) in [5.74, 6) is 1.65. The lowest BCUT2D eigenvalue weighted by Crippen LogP contribution is -2.31. The Labute approximate surface area is 121 Å². The van der Waals surface area contributed by atoms with E-state index < -0.39 is 0 Å². The molecule has 2 fully saturated rings. The molecule has 1 aliphatic carbocycles. The van der Waals surface area contributed by atoms with Gasteiger partial charge in [-0.05, 0) is 48.9 Å². The molecule has 1 unspecified atom stereocenters. The Morgan fingerprint density at radius 2 is 1.75 bits per heavy atom. The lowest BCUT2D eigenvalue weighted by Gasteiger charge is -2.39. The van der Waals surface area contributed by atoms with Crippen molar-refractivity contribution < 1.29 is 9.47 Å². The van der Waals surface area contributed by atoms with Crippen LogP contribution >= 0.6 is 0 Å². The van der Waals surface area contributed by atoms with Crippen LogP contribution in [0.3, 0.4) is 0 Å². The summed E-state index contributed by atoms with van der Waals surface area (Å²) in [6, 6.07) is 6.85. The molecule has 1 aliphatic heterocycles. The number of rotatable bonds is 3. The fourth-order valence-electron chi connectivity index (χ4n) is 4.12. The van der Waals surface area contributed by atoms with Crippen molar-refractivity contribution in [3.8, 4) is 11.5 Å². The molecule has 0 bridgehead atoms. The molecule has 1 aromatic rings. The van der Waals surface area contributed by atoms with Gasteiger partial charge in [-0.1, -0.05) is 25.3 Å². The summed E-state index contributed by atoms with van der Waals surface area (Å²) < 4.78 is 10.8. The van der Waals surface area contributed by atoms with E-state index in [-0.39, 0.29) is 0 Å². The van der Waals surface area contributed by atoms with Gasteiger partial charge in [-0.3, -0.25) is 0 Å². The van der Waals surface area contributed by atoms with Gasteiger partial charge in [-0.25, -0.2) is 0 Å². The van der Waals surface area contributed by atoms with Crippen LogP contribution in [-0.2, 0) is 0 Å². The van der Waals surface area contributed by atoms with E-state index in [1.807, 2.05) is 6.07 Å². The van der Waals surface area contributed by atoms with Crippen LogP contribution in [0.5, 0.6) is 11.5 Å². The highest BCUT2D eigenvalue weighted by atomic mass is 16.5. The van der Waals surface area contributed by atoms with Crippen LogP contribution < -0.4 is 14.8 Å². The zero-order valence-corrected chi connectivity index (χ0v) is 12.6. The molecule has 20 heavy (non-hydrogen) atoms. The maximum atomic E-state index is 5.46. The Hall–Kier alpha value is -1.22. The van der Waals surface area contributed by atoms with Gasteiger partial charge >= 0.3 is 0 Å². The molecule has 1 heterocycles. The summed E-state index contributed by atoms with van der Waals surface area (Å²) in [6.07, 6.45) is 8.20. The highest BCUT2D eigenvalue weighted by Gasteiger charge is 2.43. The molecule has 1 saturated carbocycles. The molecule has 110 valence electrons. The number of ether oxygens (including phenoxy) is 2. The van der Waals surface area contributed by atoms with E-state index in [9.17, 15) is 0 Å². The fourth-order valence-corrected chi connectivity index (χ4v) is 4.12. The second kappa shape index (κ2) is 5.65. The van der Waals surface area contributed by atoms with Gasteiger partial charge in [0.25, 0.3) is 0 Å². The molecular formula is C17H25NO2. The monoisotopic (exact) mass is 275 g/mol. The summed E-state index contributed by atoms with van der Waals surface area (Å²) in [4.78, 5) is 0. The maximum absolute atomic E-state index is 5.46. The number of nitrogens with one attached hydrogen (secondary N) is 1. The van der Waals surface area contributed by atoms with Gasteiger partial charge in [-0.2, -0.15) is 0 Å². The molecule has 0 radical (unpaired) electrons. The quantitative estimate of drug-likeness (QED) is 0.912. The summed E-state index contributed by atoms with van der Waals surface area (Å²) in [7, 11) is 3.40. The van der Waals surface area contributed by atoms with Crippen LogP contribution in [0, 0.1) is 5.41 Å². The van der Waals surface area contributed by atoms with Gasteiger partial charge in [0, 0.05) is 6.04 Å². The topological polar surface area (TPSA) is 30.5 Å². The molecule has 1 atom stereocenters. The zero-order valence-electron chi connectivity index (χ0n) is 12.6. The average molecular weight is 275 g/mol. The zero-order chi connectivity index (χ0) is 14.0. The van der Waals surface area contributed by atoms with E-state index in [1.165, 1.54) is 44.1 Å². The van der Waals surface area contributed by atoms with Gasteiger partial charge in [-0.15, -0.1) is 0 Å². The molecule has 1 aromatic carbocycles. The number of methoxy groups -OCH3 is 2. The van der Waals surface area contributed by atoms with Crippen molar-refractivity contribution in [3.05, 3.63) is 23.8 Å². The van der Waals surface area contributed by atoms with Gasteiger partial charge in [0.1, 0.15) is 0 Å². The van der Waals surface area contributed by atoms with Crippen LogP contribution in [-0.4, -0.2) is 20.8 Å². The molecule has 1 saturated heterocycles. The number of benzene rings is 1. The predicted octanol–water partition coefficient (Wildman–Crippen LogP) is 3.69. The Kier molecular flexibility index (Phi) is 3.88. The van der Waals surface area contributed by atoms with Crippen LogP contribution in [0.2, 0.25) is 0 Å². The van der Waals surface area contributed by atoms with E-state index in [2.05, 4.69) is 17.4 Å². The maximum Gasteiger partial charge on any atom is 0.161 e. The Morgan fingerprint density at radius 3 is 2.45 bits per heavy atom. The van der Waals surface area contributed by atoms with Gasteiger partial charge in [0.05, 0.1) is 14.2 Å². The molecular weight excluding hydrogens is 250 g/mol. The van der Waals surface area contributed by atoms with Crippen LogP contribution in [0.15, 0.2) is 18.2 Å². The first-order valence-corrected chi connectivity index (χ1v) is 7.74. The minimum Gasteiger partial charge on any atom is -0.493 e. The van der Waals surface area contributed by atoms with Crippen molar-refractivity contribution in [1.29, 1.82) is 0 Å². The van der Waals surface area contributed by atoms with Crippen LogP contribution in [0.4, 0.5) is 0 Å².